The maximum Gasteiger partial charge on any atom is 0.335 e. The first-order valence-corrected chi connectivity index (χ1v) is 8.96. The molecule has 2 aliphatic rings. The number of aromatic nitrogens is 2. The van der Waals surface area contributed by atoms with Crippen LogP contribution in [-0.2, 0) is 16.1 Å². The molecule has 1 aromatic carbocycles. The van der Waals surface area contributed by atoms with Crippen LogP contribution in [0.1, 0.15) is 18.4 Å². The van der Waals surface area contributed by atoms with Gasteiger partial charge in [-0.25, -0.2) is 14.8 Å². The first kappa shape index (κ1) is 16.0. The Morgan fingerprint density at radius 2 is 2.24 bits per heavy atom. The van der Waals surface area contributed by atoms with Gasteiger partial charge in [0, 0.05) is 36.6 Å². The molecule has 2 aromatic rings. The molecule has 6 nitrogen and oxygen atoms in total. The fourth-order valence-electron chi connectivity index (χ4n) is 3.05. The minimum Gasteiger partial charge on any atom is -0.466 e. The number of benzene rings is 1. The van der Waals surface area contributed by atoms with Crippen LogP contribution in [0.3, 0.4) is 0 Å². The van der Waals surface area contributed by atoms with E-state index in [1.807, 2.05) is 6.20 Å². The lowest BCUT2D eigenvalue weighted by atomic mass is 10.1. The van der Waals surface area contributed by atoms with Crippen LogP contribution in [0.25, 0.3) is 0 Å². The van der Waals surface area contributed by atoms with Crippen molar-refractivity contribution in [1.29, 1.82) is 0 Å². The number of rotatable bonds is 3. The summed E-state index contributed by atoms with van der Waals surface area (Å²) in [4.78, 5) is 23.7. The van der Waals surface area contributed by atoms with E-state index in [1.165, 1.54) is 12.7 Å². The molecule has 25 heavy (non-hydrogen) atoms. The lowest BCUT2D eigenvalue weighted by Gasteiger charge is -2.27. The monoisotopic (exact) mass is 354 g/mol. The van der Waals surface area contributed by atoms with Gasteiger partial charge in [-0.1, -0.05) is 17.8 Å². The first-order chi connectivity index (χ1) is 12.2. The molecule has 0 aliphatic carbocycles. The highest BCUT2D eigenvalue weighted by molar-refractivity contribution is 7.99. The number of fused-ring (bicyclic) bond motifs is 2. The SMILES string of the molecule is COC(=O)C1=CN(Cc2ccc3c(c2)Nc2nccnc2S3)CCC1. The van der Waals surface area contributed by atoms with Gasteiger partial charge in [0.2, 0.25) is 0 Å². The van der Waals surface area contributed by atoms with Gasteiger partial charge in [0.05, 0.1) is 18.4 Å². The van der Waals surface area contributed by atoms with Gasteiger partial charge in [0.15, 0.2) is 5.82 Å². The number of hydrogen-bond acceptors (Lipinski definition) is 7. The summed E-state index contributed by atoms with van der Waals surface area (Å²) in [7, 11) is 1.43. The molecule has 0 atom stereocenters. The summed E-state index contributed by atoms with van der Waals surface area (Å²) < 4.78 is 4.84. The maximum atomic E-state index is 11.7. The number of carbonyl (C=O) groups excluding carboxylic acids is 1. The lowest BCUT2D eigenvalue weighted by Crippen LogP contribution is -2.25. The fraction of sp³-hybridized carbons (Fsp3) is 0.278. The second-order valence-corrected chi connectivity index (χ2v) is 7.02. The molecule has 0 spiro atoms. The molecular formula is C18H18N4O2S. The molecule has 4 rings (SSSR count). The van der Waals surface area contributed by atoms with Crippen LogP contribution in [0.4, 0.5) is 11.5 Å². The number of methoxy groups -OCH3 is 1. The Labute approximate surface area is 150 Å². The summed E-state index contributed by atoms with van der Waals surface area (Å²) in [5.74, 6) is 0.561. The van der Waals surface area contributed by atoms with E-state index in [2.05, 4.69) is 38.4 Å². The number of carbonyl (C=O) groups is 1. The maximum absolute atomic E-state index is 11.7. The van der Waals surface area contributed by atoms with Crippen LogP contribution < -0.4 is 5.32 Å². The molecule has 1 aromatic heterocycles. The predicted molar refractivity (Wildman–Crippen MR) is 95.6 cm³/mol. The van der Waals surface area contributed by atoms with E-state index in [0.29, 0.717) is 0 Å². The zero-order valence-electron chi connectivity index (χ0n) is 13.9. The molecule has 0 amide bonds. The third kappa shape index (κ3) is 3.32. The van der Waals surface area contributed by atoms with Crippen LogP contribution in [0.15, 0.2) is 52.3 Å². The Kier molecular flexibility index (Phi) is 4.31. The molecule has 0 saturated heterocycles. The fourth-order valence-corrected chi connectivity index (χ4v) is 3.93. The van der Waals surface area contributed by atoms with E-state index < -0.39 is 0 Å². The van der Waals surface area contributed by atoms with Gasteiger partial charge in [-0.05, 0) is 30.5 Å². The summed E-state index contributed by atoms with van der Waals surface area (Å²) in [5.41, 5.74) is 2.97. The number of esters is 1. The number of hydrogen-bond donors (Lipinski definition) is 1. The number of nitrogens with zero attached hydrogens (tertiary/aromatic N) is 3. The van der Waals surface area contributed by atoms with Gasteiger partial charge < -0.3 is 15.0 Å². The van der Waals surface area contributed by atoms with Gasteiger partial charge in [-0.2, -0.15) is 0 Å². The standard InChI is InChI=1S/C18H18N4O2S/c1-24-18(23)13-3-2-8-22(11-13)10-12-4-5-15-14(9-12)21-16-17(25-15)20-7-6-19-16/h4-7,9,11H,2-3,8,10H2,1H3,(H,19,21). The van der Waals surface area contributed by atoms with Gasteiger partial charge in [-0.15, -0.1) is 0 Å². The molecule has 0 fully saturated rings. The second kappa shape index (κ2) is 6.76. The van der Waals surface area contributed by atoms with E-state index in [-0.39, 0.29) is 5.97 Å². The van der Waals surface area contributed by atoms with Crippen molar-refractivity contribution in [2.45, 2.75) is 29.3 Å². The Morgan fingerprint density at radius 1 is 1.36 bits per heavy atom. The molecule has 0 unspecified atom stereocenters. The highest BCUT2D eigenvalue weighted by atomic mass is 32.2. The molecule has 0 radical (unpaired) electrons. The Hall–Kier alpha value is -2.54. The van der Waals surface area contributed by atoms with Gasteiger partial charge in [0.1, 0.15) is 5.03 Å². The molecule has 1 N–H and O–H groups in total. The molecule has 7 heteroatoms. The van der Waals surface area contributed by atoms with E-state index in [9.17, 15) is 4.79 Å². The average Bonchev–Trinajstić information content (AvgIpc) is 2.66. The van der Waals surface area contributed by atoms with E-state index in [0.717, 1.165) is 52.9 Å². The Balaban J connectivity index is 1.53. The molecule has 3 heterocycles. The predicted octanol–water partition coefficient (Wildman–Crippen LogP) is 3.34. The third-order valence-electron chi connectivity index (χ3n) is 4.23. The van der Waals surface area contributed by atoms with Gasteiger partial charge >= 0.3 is 5.97 Å². The van der Waals surface area contributed by atoms with Gasteiger partial charge in [-0.3, -0.25) is 0 Å². The zero-order valence-corrected chi connectivity index (χ0v) is 14.7. The highest BCUT2D eigenvalue weighted by Crippen LogP contribution is 2.42. The molecule has 2 aliphatic heterocycles. The Bertz CT molecular complexity index is 853. The minimum absolute atomic E-state index is 0.233. The van der Waals surface area contributed by atoms with E-state index >= 15 is 0 Å². The van der Waals surface area contributed by atoms with Crippen molar-refractivity contribution >= 4 is 29.2 Å². The van der Waals surface area contributed by atoms with Crippen LogP contribution in [0, 0.1) is 0 Å². The van der Waals surface area contributed by atoms with Crippen molar-refractivity contribution in [2.24, 2.45) is 0 Å². The normalized spacial score (nSPS) is 15.6. The van der Waals surface area contributed by atoms with E-state index in [4.69, 9.17) is 4.74 Å². The highest BCUT2D eigenvalue weighted by Gasteiger charge is 2.20. The number of anilines is 2. The lowest BCUT2D eigenvalue weighted by molar-refractivity contribution is -0.136. The molecular weight excluding hydrogens is 336 g/mol. The van der Waals surface area contributed by atoms with Crippen molar-refractivity contribution in [3.05, 3.63) is 47.9 Å². The summed E-state index contributed by atoms with van der Waals surface area (Å²) in [6.07, 6.45) is 7.06. The van der Waals surface area contributed by atoms with Crippen molar-refractivity contribution in [3.63, 3.8) is 0 Å². The van der Waals surface area contributed by atoms with Crippen LogP contribution >= 0.6 is 11.8 Å². The first-order valence-electron chi connectivity index (χ1n) is 8.15. The minimum atomic E-state index is -0.233. The second-order valence-electron chi connectivity index (χ2n) is 5.99. The van der Waals surface area contributed by atoms with Crippen molar-refractivity contribution < 1.29 is 9.53 Å². The topological polar surface area (TPSA) is 67.3 Å². The van der Waals surface area contributed by atoms with Crippen molar-refractivity contribution in [2.75, 3.05) is 19.0 Å². The zero-order chi connectivity index (χ0) is 17.2. The summed E-state index contributed by atoms with van der Waals surface area (Å²) in [5, 5.41) is 4.24. The summed E-state index contributed by atoms with van der Waals surface area (Å²) in [6.45, 7) is 1.70. The van der Waals surface area contributed by atoms with Gasteiger partial charge in [0.25, 0.3) is 0 Å². The average molecular weight is 354 g/mol. The van der Waals surface area contributed by atoms with Crippen LogP contribution in [-0.4, -0.2) is 34.5 Å². The van der Waals surface area contributed by atoms with Crippen LogP contribution in [0.2, 0.25) is 0 Å². The number of nitrogens with one attached hydrogen (secondary N) is 1. The molecule has 0 saturated carbocycles. The molecule has 0 bridgehead atoms. The largest absolute Gasteiger partial charge is 0.466 e. The van der Waals surface area contributed by atoms with Crippen molar-refractivity contribution in [1.82, 2.24) is 14.9 Å². The number of ether oxygens (including phenoxy) is 1. The smallest absolute Gasteiger partial charge is 0.335 e. The third-order valence-corrected chi connectivity index (χ3v) is 5.30. The quantitative estimate of drug-likeness (QED) is 0.724. The van der Waals surface area contributed by atoms with E-state index in [1.54, 1.807) is 24.2 Å². The summed E-state index contributed by atoms with van der Waals surface area (Å²) in [6, 6.07) is 6.37. The molecule has 128 valence electrons. The Morgan fingerprint density at radius 3 is 3.12 bits per heavy atom. The van der Waals surface area contributed by atoms with Crippen molar-refractivity contribution in [3.8, 4) is 0 Å². The van der Waals surface area contributed by atoms with Crippen LogP contribution in [0.5, 0.6) is 0 Å². The summed E-state index contributed by atoms with van der Waals surface area (Å²) >= 11 is 1.62.